The molecule has 0 aromatic heterocycles. The molecule has 1 atom stereocenters. The maximum atomic E-state index is 12.8. The molecule has 3 aliphatic rings. The van der Waals surface area contributed by atoms with Gasteiger partial charge in [-0.25, -0.2) is 0 Å². The maximum Gasteiger partial charge on any atom is 0.239 e. The van der Waals surface area contributed by atoms with Crippen LogP contribution in [0.1, 0.15) is 39.5 Å². The summed E-state index contributed by atoms with van der Waals surface area (Å²) in [7, 11) is 4.32. The van der Waals surface area contributed by atoms with Gasteiger partial charge in [-0.2, -0.15) is 0 Å². The summed E-state index contributed by atoms with van der Waals surface area (Å²) >= 11 is 0. The number of carbonyl (C=O) groups excluding carboxylic acids is 1. The normalized spacial score (nSPS) is 23.6. The van der Waals surface area contributed by atoms with Crippen molar-refractivity contribution in [1.29, 1.82) is 0 Å². The molecule has 3 saturated heterocycles. The summed E-state index contributed by atoms with van der Waals surface area (Å²) in [5.74, 6) is 1.30. The van der Waals surface area contributed by atoms with Gasteiger partial charge < -0.3 is 24.8 Å². The number of carbonyl (C=O) groups is 1. The molecule has 180 valence electrons. The number of piperazine rings is 1. The van der Waals surface area contributed by atoms with Crippen LogP contribution in [-0.4, -0.2) is 123 Å². The second-order valence-corrected chi connectivity index (χ2v) is 9.13. The Morgan fingerprint density at radius 1 is 1.06 bits per heavy atom. The van der Waals surface area contributed by atoms with Crippen molar-refractivity contribution in [3.8, 4) is 0 Å². The van der Waals surface area contributed by atoms with Gasteiger partial charge >= 0.3 is 0 Å². The van der Waals surface area contributed by atoms with Crippen LogP contribution >= 0.6 is 24.0 Å². The zero-order valence-corrected chi connectivity index (χ0v) is 22.3. The van der Waals surface area contributed by atoms with Crippen LogP contribution in [0.5, 0.6) is 0 Å². The van der Waals surface area contributed by atoms with Crippen molar-refractivity contribution >= 4 is 35.8 Å². The number of likely N-dealkylation sites (N-methyl/N-ethyl adjacent to an activating group) is 1. The van der Waals surface area contributed by atoms with E-state index in [1.807, 2.05) is 4.90 Å². The summed E-state index contributed by atoms with van der Waals surface area (Å²) in [4.78, 5) is 26.9. The number of nitrogens with one attached hydrogen (secondary N) is 1. The molecule has 3 fully saturated rings. The maximum absolute atomic E-state index is 12.8. The molecule has 9 heteroatoms. The number of nitrogens with zero attached hydrogens (tertiary/aromatic N) is 5. The Kier molecular flexibility index (Phi) is 10.8. The van der Waals surface area contributed by atoms with E-state index in [1.54, 1.807) is 0 Å². The average Bonchev–Trinajstić information content (AvgIpc) is 3.31. The fourth-order valence-electron chi connectivity index (χ4n) is 4.82. The zero-order valence-electron chi connectivity index (χ0n) is 19.9. The number of rotatable bonds is 6. The Morgan fingerprint density at radius 2 is 1.68 bits per heavy atom. The van der Waals surface area contributed by atoms with Gasteiger partial charge in [0.25, 0.3) is 0 Å². The highest BCUT2D eigenvalue weighted by Gasteiger charge is 2.35. The Morgan fingerprint density at radius 3 is 2.23 bits per heavy atom. The van der Waals surface area contributed by atoms with Gasteiger partial charge in [-0.1, -0.05) is 0 Å². The molecule has 8 nitrogen and oxygen atoms in total. The smallest absolute Gasteiger partial charge is 0.239 e. The van der Waals surface area contributed by atoms with Gasteiger partial charge in [0.1, 0.15) is 0 Å². The van der Waals surface area contributed by atoms with Crippen LogP contribution in [0.25, 0.3) is 0 Å². The minimum absolute atomic E-state index is 0. The van der Waals surface area contributed by atoms with Crippen LogP contribution in [0.4, 0.5) is 0 Å². The Bertz CT molecular complexity index is 583. The minimum atomic E-state index is -0.0241. The molecule has 0 spiro atoms. The van der Waals surface area contributed by atoms with Crippen LogP contribution in [0.15, 0.2) is 4.99 Å². The van der Waals surface area contributed by atoms with Crippen molar-refractivity contribution in [2.24, 2.45) is 4.99 Å². The van der Waals surface area contributed by atoms with E-state index in [2.05, 4.69) is 48.0 Å². The van der Waals surface area contributed by atoms with E-state index >= 15 is 0 Å². The van der Waals surface area contributed by atoms with Crippen molar-refractivity contribution in [2.45, 2.75) is 51.1 Å². The molecule has 0 bridgehead atoms. The van der Waals surface area contributed by atoms with E-state index in [0.29, 0.717) is 5.91 Å². The fraction of sp³-hybridized carbons (Fsp3) is 0.909. The first-order valence-corrected chi connectivity index (χ1v) is 11.8. The fourth-order valence-corrected chi connectivity index (χ4v) is 4.82. The molecule has 3 aliphatic heterocycles. The molecule has 1 amide bonds. The number of amides is 1. The van der Waals surface area contributed by atoms with Gasteiger partial charge in [0.2, 0.25) is 5.91 Å². The predicted molar refractivity (Wildman–Crippen MR) is 136 cm³/mol. The third-order valence-electron chi connectivity index (χ3n) is 7.17. The van der Waals surface area contributed by atoms with E-state index in [4.69, 9.17) is 9.73 Å². The van der Waals surface area contributed by atoms with Crippen LogP contribution in [0.3, 0.4) is 0 Å². The highest BCUT2D eigenvalue weighted by Crippen LogP contribution is 2.26. The zero-order chi connectivity index (χ0) is 21.6. The summed E-state index contributed by atoms with van der Waals surface area (Å²) in [6.45, 7) is 12.9. The standard InChI is InChI=1S/C22H42N6O2.HI/c1-5-23-21(24-18-22(25(3)4)8-16-30-17-9-22)28-14-12-26(13-15-28)19(2)20(29)27-10-6-7-11-27;/h19H,5-18H2,1-4H3,(H,23,24);1H. The molecule has 0 saturated carbocycles. The van der Waals surface area contributed by atoms with E-state index in [9.17, 15) is 4.79 Å². The van der Waals surface area contributed by atoms with Gasteiger partial charge in [0.15, 0.2) is 5.96 Å². The van der Waals surface area contributed by atoms with Crippen LogP contribution < -0.4 is 5.32 Å². The first-order chi connectivity index (χ1) is 14.5. The van der Waals surface area contributed by atoms with Crippen LogP contribution in [0.2, 0.25) is 0 Å². The minimum Gasteiger partial charge on any atom is -0.381 e. The molecular weight excluding hydrogens is 507 g/mol. The average molecular weight is 551 g/mol. The molecule has 0 aliphatic carbocycles. The van der Waals surface area contributed by atoms with Crippen molar-refractivity contribution in [1.82, 2.24) is 24.9 Å². The summed E-state index contributed by atoms with van der Waals surface area (Å²) in [5, 5.41) is 3.49. The number of hydrogen-bond acceptors (Lipinski definition) is 5. The van der Waals surface area contributed by atoms with Gasteiger partial charge in [0.05, 0.1) is 12.6 Å². The molecule has 0 aromatic carbocycles. The monoisotopic (exact) mass is 550 g/mol. The summed E-state index contributed by atoms with van der Waals surface area (Å²) in [6.07, 6.45) is 4.34. The second-order valence-electron chi connectivity index (χ2n) is 9.13. The molecule has 0 radical (unpaired) electrons. The lowest BCUT2D eigenvalue weighted by molar-refractivity contribution is -0.135. The number of likely N-dealkylation sites (tertiary alicyclic amines) is 1. The van der Waals surface area contributed by atoms with Crippen molar-refractivity contribution in [3.63, 3.8) is 0 Å². The Labute approximate surface area is 205 Å². The summed E-state index contributed by atoms with van der Waals surface area (Å²) < 4.78 is 5.60. The lowest BCUT2D eigenvalue weighted by atomic mass is 9.89. The lowest BCUT2D eigenvalue weighted by Crippen LogP contribution is -2.57. The van der Waals surface area contributed by atoms with Gasteiger partial charge in [0, 0.05) is 64.6 Å². The van der Waals surface area contributed by atoms with Gasteiger partial charge in [-0.15, -0.1) is 24.0 Å². The molecule has 1 N–H and O–H groups in total. The third-order valence-corrected chi connectivity index (χ3v) is 7.17. The molecule has 1 unspecified atom stereocenters. The number of hydrogen-bond donors (Lipinski definition) is 1. The Balaban J connectivity index is 0.00000341. The molecule has 3 heterocycles. The summed E-state index contributed by atoms with van der Waals surface area (Å²) in [5.41, 5.74) is 0.0808. The van der Waals surface area contributed by atoms with E-state index < -0.39 is 0 Å². The first-order valence-electron chi connectivity index (χ1n) is 11.8. The highest BCUT2D eigenvalue weighted by molar-refractivity contribution is 14.0. The second kappa shape index (κ2) is 12.6. The molecule has 0 aromatic rings. The lowest BCUT2D eigenvalue weighted by Gasteiger charge is -2.43. The number of halogens is 1. The topological polar surface area (TPSA) is 63.7 Å². The van der Waals surface area contributed by atoms with Gasteiger partial charge in [-0.3, -0.25) is 14.7 Å². The summed E-state index contributed by atoms with van der Waals surface area (Å²) in [6, 6.07) is -0.0241. The van der Waals surface area contributed by atoms with Crippen molar-refractivity contribution < 1.29 is 9.53 Å². The highest BCUT2D eigenvalue weighted by atomic mass is 127. The quantitative estimate of drug-likeness (QED) is 0.306. The molecule has 3 rings (SSSR count). The largest absolute Gasteiger partial charge is 0.381 e. The number of ether oxygens (including phenoxy) is 1. The predicted octanol–water partition coefficient (Wildman–Crippen LogP) is 1.31. The van der Waals surface area contributed by atoms with E-state index in [1.165, 1.54) is 0 Å². The van der Waals surface area contributed by atoms with Crippen molar-refractivity contribution in [2.75, 3.05) is 79.7 Å². The number of aliphatic imine (C=N–C) groups is 1. The third kappa shape index (κ3) is 6.68. The first kappa shape index (κ1) is 26.6. The number of guanidine groups is 1. The van der Waals surface area contributed by atoms with Gasteiger partial charge in [-0.05, 0) is 53.6 Å². The molecule has 31 heavy (non-hydrogen) atoms. The van der Waals surface area contributed by atoms with Crippen LogP contribution in [0, 0.1) is 0 Å². The van der Waals surface area contributed by atoms with Crippen molar-refractivity contribution in [3.05, 3.63) is 0 Å². The van der Waals surface area contributed by atoms with E-state index in [-0.39, 0.29) is 35.6 Å². The van der Waals surface area contributed by atoms with Crippen LogP contribution in [-0.2, 0) is 9.53 Å². The molecular formula is C22H43IN6O2. The Hall–Kier alpha value is -0.650. The SMILES string of the molecule is CCNC(=NCC1(N(C)C)CCOCC1)N1CCN(C(C)C(=O)N2CCCC2)CC1.I. The van der Waals surface area contributed by atoms with E-state index in [0.717, 1.165) is 97.2 Å².